The molecule has 1 unspecified atom stereocenters. The summed E-state index contributed by atoms with van der Waals surface area (Å²) in [6.45, 7) is 5.70. The summed E-state index contributed by atoms with van der Waals surface area (Å²) < 4.78 is 0. The van der Waals surface area contributed by atoms with Crippen molar-refractivity contribution in [2.75, 3.05) is 36.5 Å². The predicted octanol–water partition coefficient (Wildman–Crippen LogP) is 2.86. The van der Waals surface area contributed by atoms with Crippen molar-refractivity contribution in [2.45, 2.75) is 44.7 Å². The van der Waals surface area contributed by atoms with Crippen molar-refractivity contribution in [3.63, 3.8) is 0 Å². The number of hydrogen-bond acceptors (Lipinski definition) is 3. The van der Waals surface area contributed by atoms with Gasteiger partial charge >= 0.3 is 0 Å². The summed E-state index contributed by atoms with van der Waals surface area (Å²) >= 11 is 0. The minimum Gasteiger partial charge on any atom is -0.371 e. The maximum Gasteiger partial charge on any atom is 0.0607 e. The Morgan fingerprint density at radius 2 is 1.95 bits per heavy atom. The second-order valence-corrected chi connectivity index (χ2v) is 6.23. The number of fused-ring (bicyclic) bond motifs is 1. The van der Waals surface area contributed by atoms with Gasteiger partial charge in [-0.15, -0.1) is 0 Å². The minimum absolute atomic E-state index is 0.635. The van der Waals surface area contributed by atoms with Gasteiger partial charge in [-0.25, -0.2) is 0 Å². The molecule has 1 fully saturated rings. The highest BCUT2D eigenvalue weighted by Gasteiger charge is 2.28. The molecule has 0 amide bonds. The van der Waals surface area contributed by atoms with E-state index in [1.807, 2.05) is 0 Å². The van der Waals surface area contributed by atoms with Crippen molar-refractivity contribution in [3.8, 4) is 0 Å². The van der Waals surface area contributed by atoms with Crippen molar-refractivity contribution in [2.24, 2.45) is 0 Å². The fourth-order valence-corrected chi connectivity index (χ4v) is 3.20. The summed E-state index contributed by atoms with van der Waals surface area (Å²) in [4.78, 5) is 5.01. The predicted molar refractivity (Wildman–Crippen MR) is 86.8 cm³/mol. The molecule has 1 aromatic rings. The van der Waals surface area contributed by atoms with E-state index in [1.165, 1.54) is 37.1 Å². The van der Waals surface area contributed by atoms with Crippen LogP contribution >= 0.6 is 0 Å². The molecule has 3 rings (SSSR count). The van der Waals surface area contributed by atoms with E-state index in [2.05, 4.69) is 53.4 Å². The molecule has 1 N–H and O–H groups in total. The maximum absolute atomic E-state index is 3.73. The monoisotopic (exact) mass is 273 g/mol. The highest BCUT2D eigenvalue weighted by molar-refractivity contribution is 5.73. The summed E-state index contributed by atoms with van der Waals surface area (Å²) in [6, 6.07) is 10.3. The second-order valence-electron chi connectivity index (χ2n) is 6.23. The third-order valence-corrected chi connectivity index (χ3v) is 4.56. The van der Waals surface area contributed by atoms with Gasteiger partial charge in [-0.3, -0.25) is 0 Å². The van der Waals surface area contributed by atoms with Gasteiger partial charge in [-0.2, -0.15) is 0 Å². The normalized spacial score (nSPS) is 19.9. The van der Waals surface area contributed by atoms with Gasteiger partial charge in [0.1, 0.15) is 0 Å². The molecule has 0 spiro atoms. The summed E-state index contributed by atoms with van der Waals surface area (Å²) in [5.74, 6) is 0. The molecule has 3 nitrogen and oxygen atoms in total. The zero-order valence-electron chi connectivity index (χ0n) is 12.8. The minimum atomic E-state index is 0.635. The molecule has 0 saturated heterocycles. The summed E-state index contributed by atoms with van der Waals surface area (Å²) in [5.41, 5.74) is 2.79. The highest BCUT2D eigenvalue weighted by Crippen LogP contribution is 2.34. The topological polar surface area (TPSA) is 18.5 Å². The van der Waals surface area contributed by atoms with Crippen LogP contribution in [0.2, 0.25) is 0 Å². The third-order valence-electron chi connectivity index (χ3n) is 4.56. The fourth-order valence-electron chi connectivity index (χ4n) is 3.20. The third kappa shape index (κ3) is 2.93. The Kier molecular flexibility index (Phi) is 4.16. The van der Waals surface area contributed by atoms with E-state index in [0.29, 0.717) is 6.04 Å². The summed E-state index contributed by atoms with van der Waals surface area (Å²) in [5, 5.41) is 3.73. The van der Waals surface area contributed by atoms with Crippen LogP contribution in [0, 0.1) is 0 Å². The van der Waals surface area contributed by atoms with Crippen LogP contribution in [-0.2, 0) is 0 Å². The van der Waals surface area contributed by atoms with E-state index in [4.69, 9.17) is 0 Å². The van der Waals surface area contributed by atoms with E-state index in [-0.39, 0.29) is 0 Å². The van der Waals surface area contributed by atoms with Crippen molar-refractivity contribution in [1.82, 2.24) is 5.32 Å². The van der Waals surface area contributed by atoms with Crippen LogP contribution in [-0.4, -0.2) is 38.8 Å². The Balaban J connectivity index is 1.77. The lowest BCUT2D eigenvalue weighted by molar-refractivity contribution is 0.492. The first-order valence-corrected chi connectivity index (χ1v) is 8.09. The fraction of sp³-hybridized carbons (Fsp3) is 0.647. The second kappa shape index (κ2) is 6.04. The first-order chi connectivity index (χ1) is 9.79. The number of rotatable bonds is 6. The van der Waals surface area contributed by atoms with Crippen molar-refractivity contribution in [1.29, 1.82) is 0 Å². The lowest BCUT2D eigenvalue weighted by atomic mass is 10.1. The first-order valence-electron chi connectivity index (χ1n) is 8.09. The Morgan fingerprint density at radius 3 is 2.65 bits per heavy atom. The van der Waals surface area contributed by atoms with Gasteiger partial charge in [0.05, 0.1) is 11.4 Å². The average Bonchev–Trinajstić information content (AvgIpc) is 3.29. The van der Waals surface area contributed by atoms with E-state index >= 15 is 0 Å². The molecule has 20 heavy (non-hydrogen) atoms. The van der Waals surface area contributed by atoms with Crippen LogP contribution < -0.4 is 15.1 Å². The highest BCUT2D eigenvalue weighted by atomic mass is 15.3. The summed E-state index contributed by atoms with van der Waals surface area (Å²) in [7, 11) is 2.20. The standard InChI is InChI=1S/C17H27N3/c1-3-6-15(13-18-14-9-10-14)20-12-11-19(2)16-7-4-5-8-17(16)20/h4-5,7-8,14-15,18H,3,6,9-13H2,1-2H3. The lowest BCUT2D eigenvalue weighted by Crippen LogP contribution is -2.49. The molecule has 3 heteroatoms. The van der Waals surface area contributed by atoms with E-state index in [9.17, 15) is 0 Å². The average molecular weight is 273 g/mol. The molecule has 0 radical (unpaired) electrons. The van der Waals surface area contributed by atoms with Gasteiger partial charge in [0.25, 0.3) is 0 Å². The Hall–Kier alpha value is -1.22. The molecule has 1 aromatic carbocycles. The number of likely N-dealkylation sites (N-methyl/N-ethyl adjacent to an activating group) is 1. The number of nitrogens with zero attached hydrogens (tertiary/aromatic N) is 2. The SMILES string of the molecule is CCCC(CNC1CC1)N1CCN(C)c2ccccc21. The molecule has 0 aromatic heterocycles. The molecular weight excluding hydrogens is 246 g/mol. The number of hydrogen-bond donors (Lipinski definition) is 1. The summed E-state index contributed by atoms with van der Waals surface area (Å²) in [6.07, 6.45) is 5.28. The largest absolute Gasteiger partial charge is 0.371 e. The van der Waals surface area contributed by atoms with Gasteiger partial charge in [0.2, 0.25) is 0 Å². The molecule has 1 atom stereocenters. The molecular formula is C17H27N3. The van der Waals surface area contributed by atoms with Crippen LogP contribution in [0.5, 0.6) is 0 Å². The van der Waals surface area contributed by atoms with Crippen LogP contribution in [0.3, 0.4) is 0 Å². The van der Waals surface area contributed by atoms with Gasteiger partial charge in [0.15, 0.2) is 0 Å². The number of para-hydroxylation sites is 2. The smallest absolute Gasteiger partial charge is 0.0607 e. The molecule has 0 bridgehead atoms. The van der Waals surface area contributed by atoms with Crippen LogP contribution in [0.4, 0.5) is 11.4 Å². The van der Waals surface area contributed by atoms with Crippen molar-refractivity contribution >= 4 is 11.4 Å². The molecule has 2 aliphatic rings. The molecule has 110 valence electrons. The van der Waals surface area contributed by atoms with Crippen molar-refractivity contribution < 1.29 is 0 Å². The first kappa shape index (κ1) is 13.7. The molecule has 1 aliphatic carbocycles. The number of benzene rings is 1. The van der Waals surface area contributed by atoms with Crippen LogP contribution in [0.25, 0.3) is 0 Å². The zero-order valence-corrected chi connectivity index (χ0v) is 12.8. The van der Waals surface area contributed by atoms with Crippen LogP contribution in [0.15, 0.2) is 24.3 Å². The van der Waals surface area contributed by atoms with Crippen LogP contribution in [0.1, 0.15) is 32.6 Å². The zero-order chi connectivity index (χ0) is 13.9. The Morgan fingerprint density at radius 1 is 1.20 bits per heavy atom. The Bertz CT molecular complexity index is 442. The number of nitrogens with one attached hydrogen (secondary N) is 1. The van der Waals surface area contributed by atoms with Gasteiger partial charge in [0, 0.05) is 38.8 Å². The molecule has 1 heterocycles. The van der Waals surface area contributed by atoms with E-state index in [1.54, 1.807) is 0 Å². The molecule has 1 saturated carbocycles. The lowest BCUT2D eigenvalue weighted by Gasteiger charge is -2.42. The maximum atomic E-state index is 3.73. The number of anilines is 2. The van der Waals surface area contributed by atoms with Crippen molar-refractivity contribution in [3.05, 3.63) is 24.3 Å². The molecule has 1 aliphatic heterocycles. The van der Waals surface area contributed by atoms with E-state index in [0.717, 1.165) is 25.7 Å². The van der Waals surface area contributed by atoms with Gasteiger partial charge in [-0.05, 0) is 31.4 Å². The Labute approximate surface area is 123 Å². The van der Waals surface area contributed by atoms with E-state index < -0.39 is 0 Å². The quantitative estimate of drug-likeness (QED) is 0.860. The van der Waals surface area contributed by atoms with Gasteiger partial charge < -0.3 is 15.1 Å². The van der Waals surface area contributed by atoms with Gasteiger partial charge in [-0.1, -0.05) is 25.5 Å².